The summed E-state index contributed by atoms with van der Waals surface area (Å²) in [5.41, 5.74) is 8.11. The van der Waals surface area contributed by atoms with E-state index in [1.165, 1.54) is 5.56 Å². The Bertz CT molecular complexity index is 502. The topological polar surface area (TPSA) is 64.9 Å². The minimum absolute atomic E-state index is 0.179. The second-order valence-corrected chi connectivity index (χ2v) is 4.75. The molecule has 0 aliphatic carbocycles. The second kappa shape index (κ2) is 5.31. The molecule has 0 radical (unpaired) electrons. The van der Waals surface area contributed by atoms with Gasteiger partial charge in [-0.3, -0.25) is 0 Å². The number of nitrogens with zero attached hydrogens (tertiary/aromatic N) is 2. The van der Waals surface area contributed by atoms with Crippen LogP contribution in [0.3, 0.4) is 0 Å². The van der Waals surface area contributed by atoms with Gasteiger partial charge in [-0.05, 0) is 17.9 Å². The van der Waals surface area contributed by atoms with Crippen LogP contribution in [0.15, 0.2) is 28.8 Å². The smallest absolute Gasteiger partial charge is 0.243 e. The van der Waals surface area contributed by atoms with Crippen LogP contribution in [0.25, 0.3) is 11.4 Å². The van der Waals surface area contributed by atoms with Crippen LogP contribution in [0.5, 0.6) is 0 Å². The Labute approximate surface area is 107 Å². The molecule has 0 spiro atoms. The van der Waals surface area contributed by atoms with Gasteiger partial charge in [0, 0.05) is 5.56 Å². The van der Waals surface area contributed by atoms with E-state index < -0.39 is 0 Å². The van der Waals surface area contributed by atoms with Crippen molar-refractivity contribution < 1.29 is 4.52 Å². The molecule has 1 aromatic heterocycles. The van der Waals surface area contributed by atoms with Gasteiger partial charge in [0.05, 0.1) is 6.04 Å². The van der Waals surface area contributed by atoms with Gasteiger partial charge in [-0.2, -0.15) is 4.98 Å². The molecule has 0 amide bonds. The number of hydrogen-bond acceptors (Lipinski definition) is 4. The predicted molar refractivity (Wildman–Crippen MR) is 71.0 cm³/mol. The highest BCUT2D eigenvalue weighted by molar-refractivity contribution is 5.54. The van der Waals surface area contributed by atoms with E-state index in [2.05, 4.69) is 36.1 Å². The summed E-state index contributed by atoms with van der Waals surface area (Å²) in [4.78, 5) is 4.32. The Morgan fingerprint density at radius 3 is 2.44 bits per heavy atom. The maximum Gasteiger partial charge on any atom is 0.243 e. The molecule has 0 saturated carbocycles. The number of hydrogen-bond donors (Lipinski definition) is 1. The molecule has 4 heteroatoms. The van der Waals surface area contributed by atoms with Crippen molar-refractivity contribution in [2.75, 3.05) is 0 Å². The van der Waals surface area contributed by atoms with E-state index >= 15 is 0 Å². The third kappa shape index (κ3) is 2.59. The van der Waals surface area contributed by atoms with Gasteiger partial charge in [0.2, 0.25) is 11.7 Å². The first kappa shape index (κ1) is 12.8. The maximum atomic E-state index is 5.85. The molecular formula is C14H19N3O. The average molecular weight is 245 g/mol. The fourth-order valence-electron chi connectivity index (χ4n) is 1.69. The highest BCUT2D eigenvalue weighted by atomic mass is 16.5. The molecule has 0 saturated heterocycles. The largest absolute Gasteiger partial charge is 0.337 e. The van der Waals surface area contributed by atoms with Gasteiger partial charge in [0.1, 0.15) is 0 Å². The molecule has 2 N–H and O–H groups in total. The molecular weight excluding hydrogens is 226 g/mol. The monoisotopic (exact) mass is 245 g/mol. The molecule has 1 unspecified atom stereocenters. The van der Waals surface area contributed by atoms with E-state index in [0.717, 1.165) is 12.0 Å². The van der Waals surface area contributed by atoms with Gasteiger partial charge in [0.15, 0.2) is 0 Å². The van der Waals surface area contributed by atoms with E-state index in [4.69, 9.17) is 10.3 Å². The van der Waals surface area contributed by atoms with Crippen LogP contribution in [0.2, 0.25) is 0 Å². The molecule has 4 nitrogen and oxygen atoms in total. The number of benzene rings is 1. The lowest BCUT2D eigenvalue weighted by Crippen LogP contribution is -2.08. The minimum Gasteiger partial charge on any atom is -0.337 e. The Hall–Kier alpha value is -1.68. The summed E-state index contributed by atoms with van der Waals surface area (Å²) in [7, 11) is 0. The third-order valence-corrected chi connectivity index (χ3v) is 3.03. The number of aromatic nitrogens is 2. The molecule has 1 heterocycles. The lowest BCUT2D eigenvalue weighted by atomic mass is 10.0. The molecule has 0 aliphatic heterocycles. The van der Waals surface area contributed by atoms with Gasteiger partial charge in [-0.15, -0.1) is 0 Å². The Morgan fingerprint density at radius 1 is 1.22 bits per heavy atom. The first-order chi connectivity index (χ1) is 8.61. The van der Waals surface area contributed by atoms with E-state index in [-0.39, 0.29) is 6.04 Å². The summed E-state index contributed by atoms with van der Waals surface area (Å²) in [5, 5.41) is 3.96. The predicted octanol–water partition coefficient (Wildman–Crippen LogP) is 3.27. The normalized spacial score (nSPS) is 12.9. The molecule has 0 fully saturated rings. The summed E-state index contributed by atoms with van der Waals surface area (Å²) in [6, 6.07) is 8.04. The van der Waals surface area contributed by atoms with Crippen LogP contribution in [0.1, 0.15) is 50.6 Å². The molecule has 1 atom stereocenters. The molecule has 18 heavy (non-hydrogen) atoms. The minimum atomic E-state index is -0.179. The summed E-state index contributed by atoms with van der Waals surface area (Å²) in [6.07, 6.45) is 0.786. The van der Waals surface area contributed by atoms with Crippen LogP contribution >= 0.6 is 0 Å². The molecule has 0 aliphatic rings. The zero-order valence-corrected chi connectivity index (χ0v) is 11.1. The van der Waals surface area contributed by atoms with Gasteiger partial charge >= 0.3 is 0 Å². The van der Waals surface area contributed by atoms with E-state index in [0.29, 0.717) is 17.6 Å². The average Bonchev–Trinajstić information content (AvgIpc) is 2.87. The van der Waals surface area contributed by atoms with Crippen molar-refractivity contribution in [1.29, 1.82) is 0 Å². The Kier molecular flexibility index (Phi) is 3.77. The molecule has 96 valence electrons. The van der Waals surface area contributed by atoms with Crippen molar-refractivity contribution in [3.05, 3.63) is 35.7 Å². The zero-order chi connectivity index (χ0) is 13.1. The first-order valence-electron chi connectivity index (χ1n) is 6.31. The van der Waals surface area contributed by atoms with Crippen molar-refractivity contribution in [3.63, 3.8) is 0 Å². The zero-order valence-electron chi connectivity index (χ0n) is 11.1. The SMILES string of the molecule is CCC(N)c1nc(-c2ccc(C(C)C)cc2)no1. The lowest BCUT2D eigenvalue weighted by molar-refractivity contribution is 0.352. The second-order valence-electron chi connectivity index (χ2n) is 4.75. The molecule has 1 aromatic carbocycles. The molecule has 0 bridgehead atoms. The van der Waals surface area contributed by atoms with Crippen molar-refractivity contribution in [2.24, 2.45) is 5.73 Å². The van der Waals surface area contributed by atoms with Crippen molar-refractivity contribution in [1.82, 2.24) is 10.1 Å². The highest BCUT2D eigenvalue weighted by Crippen LogP contribution is 2.22. The lowest BCUT2D eigenvalue weighted by Gasteiger charge is -2.04. The van der Waals surface area contributed by atoms with E-state index in [1.807, 2.05) is 19.1 Å². The first-order valence-corrected chi connectivity index (χ1v) is 6.31. The molecule has 2 aromatic rings. The Morgan fingerprint density at radius 2 is 1.89 bits per heavy atom. The van der Waals surface area contributed by atoms with Crippen LogP contribution in [0, 0.1) is 0 Å². The highest BCUT2D eigenvalue weighted by Gasteiger charge is 2.13. The van der Waals surface area contributed by atoms with E-state index in [1.54, 1.807) is 0 Å². The quantitative estimate of drug-likeness (QED) is 0.897. The van der Waals surface area contributed by atoms with Crippen LogP contribution < -0.4 is 5.73 Å². The van der Waals surface area contributed by atoms with Crippen LogP contribution in [-0.4, -0.2) is 10.1 Å². The van der Waals surface area contributed by atoms with Gasteiger partial charge in [0.25, 0.3) is 0 Å². The van der Waals surface area contributed by atoms with Crippen molar-refractivity contribution in [2.45, 2.75) is 39.2 Å². The number of nitrogens with two attached hydrogens (primary N) is 1. The van der Waals surface area contributed by atoms with Gasteiger partial charge < -0.3 is 10.3 Å². The standard InChI is InChI=1S/C14H19N3O/c1-4-12(15)14-16-13(17-18-14)11-7-5-10(6-8-11)9(2)3/h5-9,12H,4,15H2,1-3H3. The maximum absolute atomic E-state index is 5.85. The molecule has 2 rings (SSSR count). The number of rotatable bonds is 4. The Balaban J connectivity index is 2.23. The van der Waals surface area contributed by atoms with E-state index in [9.17, 15) is 0 Å². The van der Waals surface area contributed by atoms with Gasteiger partial charge in [-0.1, -0.05) is 50.2 Å². The van der Waals surface area contributed by atoms with Gasteiger partial charge in [-0.25, -0.2) is 0 Å². The summed E-state index contributed by atoms with van der Waals surface area (Å²) >= 11 is 0. The summed E-state index contributed by atoms with van der Waals surface area (Å²) in [6.45, 7) is 6.33. The van der Waals surface area contributed by atoms with Crippen molar-refractivity contribution >= 4 is 0 Å². The fourth-order valence-corrected chi connectivity index (χ4v) is 1.69. The van der Waals surface area contributed by atoms with Crippen molar-refractivity contribution in [3.8, 4) is 11.4 Å². The van der Waals surface area contributed by atoms with Crippen LogP contribution in [0.4, 0.5) is 0 Å². The summed E-state index contributed by atoms with van der Waals surface area (Å²) in [5.74, 6) is 1.62. The fraction of sp³-hybridized carbons (Fsp3) is 0.429. The van der Waals surface area contributed by atoms with Crippen LogP contribution in [-0.2, 0) is 0 Å². The summed E-state index contributed by atoms with van der Waals surface area (Å²) < 4.78 is 5.16. The third-order valence-electron chi connectivity index (χ3n) is 3.03.